The Morgan fingerprint density at radius 2 is 2.08 bits per heavy atom. The van der Waals surface area contributed by atoms with Crippen LogP contribution in [0.3, 0.4) is 0 Å². The molecule has 25 heavy (non-hydrogen) atoms. The number of imidazole rings is 1. The van der Waals surface area contributed by atoms with Crippen LogP contribution >= 0.6 is 28.1 Å². The zero-order chi connectivity index (χ0) is 17.8. The molecule has 0 aliphatic rings. The van der Waals surface area contributed by atoms with Crippen LogP contribution in [-0.4, -0.2) is 27.6 Å². The third-order valence-electron chi connectivity index (χ3n) is 3.47. The fourth-order valence-corrected chi connectivity index (χ4v) is 2.97. The van der Waals surface area contributed by atoms with Gasteiger partial charge in [0.25, 0.3) is 0 Å². The Hall–Kier alpha value is -2.38. The predicted octanol–water partition coefficient (Wildman–Crippen LogP) is 4.96. The number of benzene rings is 2. The molecule has 2 N–H and O–H groups in total. The zero-order valence-corrected chi connectivity index (χ0v) is 15.8. The molecule has 7 heteroatoms. The molecular formula is C18H16BrN3O2S. The molecule has 0 spiro atoms. The highest BCUT2D eigenvalue weighted by molar-refractivity contribution is 9.10. The highest BCUT2D eigenvalue weighted by Gasteiger charge is 2.08. The van der Waals surface area contributed by atoms with Gasteiger partial charge in [-0.15, -0.1) is 0 Å². The quantitative estimate of drug-likeness (QED) is 0.455. The number of aromatic hydroxyl groups is 1. The molecule has 0 atom stereocenters. The lowest BCUT2D eigenvalue weighted by molar-refractivity contribution is 0.317. The first kappa shape index (κ1) is 17.4. The molecule has 128 valence electrons. The molecule has 1 heterocycles. The van der Waals surface area contributed by atoms with Crippen LogP contribution in [0.4, 0.5) is 0 Å². The highest BCUT2D eigenvalue weighted by Crippen LogP contribution is 2.35. The monoisotopic (exact) mass is 417 g/mol. The van der Waals surface area contributed by atoms with Crippen molar-refractivity contribution in [3.63, 3.8) is 0 Å². The van der Waals surface area contributed by atoms with Crippen LogP contribution in [0, 0.1) is 4.77 Å². The van der Waals surface area contributed by atoms with Gasteiger partial charge in [0.15, 0.2) is 16.3 Å². The Balaban J connectivity index is 1.90. The summed E-state index contributed by atoms with van der Waals surface area (Å²) < 4.78 is 8.06. The minimum Gasteiger partial charge on any atom is -0.503 e. The molecule has 0 saturated heterocycles. The number of hydrogen-bond donors (Lipinski definition) is 2. The number of rotatable bonds is 5. The number of nitrogens with one attached hydrogen (secondary N) is 1. The lowest BCUT2D eigenvalue weighted by Gasteiger charge is -2.08. The van der Waals surface area contributed by atoms with Gasteiger partial charge in [0, 0.05) is 0 Å². The fraction of sp³-hybridized carbons (Fsp3) is 0.111. The number of ether oxygens (including phenoxy) is 1. The van der Waals surface area contributed by atoms with Gasteiger partial charge in [-0.3, -0.25) is 0 Å². The Bertz CT molecular complexity index is 964. The van der Waals surface area contributed by atoms with Crippen LogP contribution in [-0.2, 0) is 0 Å². The van der Waals surface area contributed by atoms with E-state index in [-0.39, 0.29) is 5.75 Å². The van der Waals surface area contributed by atoms with Crippen LogP contribution in [0.1, 0.15) is 12.5 Å². The minimum absolute atomic E-state index is 0.0728. The van der Waals surface area contributed by atoms with Crippen molar-refractivity contribution in [1.82, 2.24) is 9.66 Å². The summed E-state index contributed by atoms with van der Waals surface area (Å²) in [5, 5.41) is 14.4. The molecule has 0 amide bonds. The maximum atomic E-state index is 9.97. The first-order valence-electron chi connectivity index (χ1n) is 7.65. The molecule has 3 rings (SSSR count). The molecule has 0 fully saturated rings. The van der Waals surface area contributed by atoms with Crippen molar-refractivity contribution in [3.8, 4) is 22.8 Å². The van der Waals surface area contributed by atoms with Crippen LogP contribution < -0.4 is 4.74 Å². The molecule has 0 radical (unpaired) electrons. The molecule has 0 saturated carbocycles. The van der Waals surface area contributed by atoms with E-state index in [1.165, 1.54) is 0 Å². The molecule has 1 aromatic heterocycles. The van der Waals surface area contributed by atoms with Gasteiger partial charge in [-0.25, -0.2) is 4.68 Å². The van der Waals surface area contributed by atoms with Crippen molar-refractivity contribution in [2.75, 3.05) is 6.61 Å². The molecule has 3 aromatic rings. The lowest BCUT2D eigenvalue weighted by Crippen LogP contribution is -1.95. The van der Waals surface area contributed by atoms with Crippen molar-refractivity contribution in [2.24, 2.45) is 5.10 Å². The Kier molecular flexibility index (Phi) is 5.35. The van der Waals surface area contributed by atoms with E-state index < -0.39 is 0 Å². The van der Waals surface area contributed by atoms with Gasteiger partial charge in [-0.1, -0.05) is 30.3 Å². The van der Waals surface area contributed by atoms with Crippen LogP contribution in [0.2, 0.25) is 0 Å². The summed E-state index contributed by atoms with van der Waals surface area (Å²) in [5.74, 6) is 0.476. The first-order chi connectivity index (χ1) is 12.1. The van der Waals surface area contributed by atoms with Gasteiger partial charge in [0.1, 0.15) is 0 Å². The second-order valence-electron chi connectivity index (χ2n) is 5.21. The first-order valence-corrected chi connectivity index (χ1v) is 8.85. The second-order valence-corrected chi connectivity index (χ2v) is 6.45. The van der Waals surface area contributed by atoms with Gasteiger partial charge >= 0.3 is 0 Å². The van der Waals surface area contributed by atoms with E-state index in [4.69, 9.17) is 17.0 Å². The largest absolute Gasteiger partial charge is 0.503 e. The number of nitrogens with zero attached hydrogens (tertiary/aromatic N) is 2. The Morgan fingerprint density at radius 3 is 2.80 bits per heavy atom. The maximum Gasteiger partial charge on any atom is 0.198 e. The third kappa shape index (κ3) is 4.00. The van der Waals surface area contributed by atoms with E-state index in [9.17, 15) is 5.11 Å². The minimum atomic E-state index is 0.0728. The number of halogens is 1. The second kappa shape index (κ2) is 7.67. The van der Waals surface area contributed by atoms with Gasteiger partial charge < -0.3 is 14.8 Å². The molecule has 0 unspecified atom stereocenters. The van der Waals surface area contributed by atoms with Gasteiger partial charge in [-0.2, -0.15) is 5.10 Å². The summed E-state index contributed by atoms with van der Waals surface area (Å²) in [7, 11) is 0. The van der Waals surface area contributed by atoms with Gasteiger partial charge in [-0.05, 0) is 58.3 Å². The number of phenolic OH excluding ortho intramolecular Hbond substituents is 1. The number of aromatic amines is 1. The van der Waals surface area contributed by atoms with Crippen molar-refractivity contribution < 1.29 is 9.84 Å². The van der Waals surface area contributed by atoms with E-state index in [0.29, 0.717) is 21.6 Å². The van der Waals surface area contributed by atoms with Crippen molar-refractivity contribution in [1.29, 1.82) is 0 Å². The summed E-state index contributed by atoms with van der Waals surface area (Å²) in [6.07, 6.45) is 3.50. The molecule has 0 bridgehead atoms. The number of aromatic nitrogens is 2. The number of H-pyrrole nitrogens is 1. The smallest absolute Gasteiger partial charge is 0.198 e. The lowest BCUT2D eigenvalue weighted by atomic mass is 10.2. The van der Waals surface area contributed by atoms with E-state index >= 15 is 0 Å². The Morgan fingerprint density at radius 1 is 1.32 bits per heavy atom. The number of phenols is 1. The summed E-state index contributed by atoms with van der Waals surface area (Å²) in [4.78, 5) is 3.14. The summed E-state index contributed by atoms with van der Waals surface area (Å²) in [6, 6.07) is 13.4. The van der Waals surface area contributed by atoms with Crippen LogP contribution in [0.15, 0.2) is 58.2 Å². The summed E-state index contributed by atoms with van der Waals surface area (Å²) in [5.41, 5.74) is 2.70. The normalized spacial score (nSPS) is 11.1. The average molecular weight is 418 g/mol. The standard InChI is InChI=1S/C18H16BrN3O2S/c1-2-24-16-9-12(8-14(19)17(16)23)10-20-22-11-15(21-18(22)25)13-6-4-3-5-7-13/h3-11,23H,2H2,1H3,(H,21,25). The summed E-state index contributed by atoms with van der Waals surface area (Å²) in [6.45, 7) is 2.32. The molecular weight excluding hydrogens is 402 g/mol. The zero-order valence-electron chi connectivity index (χ0n) is 13.4. The Labute approximate surface area is 158 Å². The maximum absolute atomic E-state index is 9.97. The average Bonchev–Trinajstić information content (AvgIpc) is 2.99. The molecule has 0 aliphatic carbocycles. The highest BCUT2D eigenvalue weighted by atomic mass is 79.9. The van der Waals surface area contributed by atoms with E-state index in [2.05, 4.69) is 26.0 Å². The molecule has 0 aliphatic heterocycles. The topological polar surface area (TPSA) is 62.5 Å². The van der Waals surface area contributed by atoms with E-state index in [0.717, 1.165) is 16.8 Å². The summed E-state index contributed by atoms with van der Waals surface area (Å²) >= 11 is 8.64. The van der Waals surface area contributed by atoms with Crippen molar-refractivity contribution >= 4 is 34.4 Å². The third-order valence-corrected chi connectivity index (χ3v) is 4.36. The number of hydrogen-bond acceptors (Lipinski definition) is 4. The van der Waals surface area contributed by atoms with Crippen LogP contribution in [0.5, 0.6) is 11.5 Å². The van der Waals surface area contributed by atoms with E-state index in [1.54, 1.807) is 23.0 Å². The van der Waals surface area contributed by atoms with Crippen molar-refractivity contribution in [3.05, 3.63) is 63.5 Å². The fourth-order valence-electron chi connectivity index (χ4n) is 2.30. The molecule has 5 nitrogen and oxygen atoms in total. The van der Waals surface area contributed by atoms with E-state index in [1.807, 2.05) is 43.5 Å². The van der Waals surface area contributed by atoms with Crippen molar-refractivity contribution in [2.45, 2.75) is 6.92 Å². The SMILES string of the molecule is CCOc1cc(C=Nn2cc(-c3ccccc3)[nH]c2=S)cc(Br)c1O. The van der Waals surface area contributed by atoms with Crippen LogP contribution in [0.25, 0.3) is 11.3 Å². The van der Waals surface area contributed by atoms with Gasteiger partial charge in [0.2, 0.25) is 0 Å². The van der Waals surface area contributed by atoms with Gasteiger partial charge in [0.05, 0.1) is 29.2 Å². The predicted molar refractivity (Wildman–Crippen MR) is 105 cm³/mol. The molecule has 2 aromatic carbocycles.